The standard InChI is InChI=1S/C15H18ClN3O2/c16-13-3-1-10(2-4-13)7-18-15(21)19-9-11-5-12(14(19)20)8-17-6-11/h1-4,11-12,17H,5-9H2,(H,18,21). The molecule has 6 heteroatoms. The Labute approximate surface area is 128 Å². The summed E-state index contributed by atoms with van der Waals surface area (Å²) in [5, 5.41) is 6.72. The molecule has 0 radical (unpaired) electrons. The summed E-state index contributed by atoms with van der Waals surface area (Å²) in [7, 11) is 0. The van der Waals surface area contributed by atoms with Crippen LogP contribution in [0, 0.1) is 11.8 Å². The first-order valence-electron chi connectivity index (χ1n) is 7.18. The Kier molecular flexibility index (Phi) is 4.12. The molecule has 112 valence electrons. The number of amides is 3. The van der Waals surface area contributed by atoms with Crippen LogP contribution in [0.2, 0.25) is 5.02 Å². The van der Waals surface area contributed by atoms with Crippen molar-refractivity contribution in [3.05, 3.63) is 34.9 Å². The number of hydrogen-bond acceptors (Lipinski definition) is 3. The normalized spacial score (nSPS) is 24.8. The zero-order valence-electron chi connectivity index (χ0n) is 11.6. The molecule has 1 aromatic rings. The maximum Gasteiger partial charge on any atom is 0.324 e. The fraction of sp³-hybridized carbons (Fsp3) is 0.467. The highest BCUT2D eigenvalue weighted by atomic mass is 35.5. The number of likely N-dealkylation sites (tertiary alicyclic amines) is 1. The first kappa shape index (κ1) is 14.4. The molecule has 2 atom stereocenters. The third-order valence-electron chi connectivity index (χ3n) is 4.10. The molecule has 2 aliphatic heterocycles. The topological polar surface area (TPSA) is 61.4 Å². The number of halogens is 1. The summed E-state index contributed by atoms with van der Waals surface area (Å²) in [5.41, 5.74) is 0.957. The molecule has 2 aliphatic rings. The van der Waals surface area contributed by atoms with E-state index in [9.17, 15) is 9.59 Å². The van der Waals surface area contributed by atoms with E-state index in [0.29, 0.717) is 30.6 Å². The average Bonchev–Trinajstić information content (AvgIpc) is 2.50. The number of nitrogens with zero attached hydrogens (tertiary/aromatic N) is 1. The van der Waals surface area contributed by atoms with Crippen molar-refractivity contribution in [2.75, 3.05) is 19.6 Å². The van der Waals surface area contributed by atoms with Gasteiger partial charge >= 0.3 is 6.03 Å². The highest BCUT2D eigenvalue weighted by Crippen LogP contribution is 2.25. The molecule has 0 saturated carbocycles. The lowest BCUT2D eigenvalue weighted by atomic mass is 9.85. The average molecular weight is 308 g/mol. The van der Waals surface area contributed by atoms with E-state index >= 15 is 0 Å². The van der Waals surface area contributed by atoms with Crippen molar-refractivity contribution in [1.29, 1.82) is 0 Å². The fourth-order valence-electron chi connectivity index (χ4n) is 2.98. The minimum atomic E-state index is -0.299. The van der Waals surface area contributed by atoms with Crippen LogP contribution >= 0.6 is 11.6 Å². The molecule has 0 spiro atoms. The molecule has 2 unspecified atom stereocenters. The van der Waals surface area contributed by atoms with Crippen LogP contribution in [0.25, 0.3) is 0 Å². The molecule has 0 aromatic heterocycles. The number of urea groups is 1. The van der Waals surface area contributed by atoms with Gasteiger partial charge in [-0.05, 0) is 36.6 Å². The Morgan fingerprint density at radius 1 is 1.33 bits per heavy atom. The van der Waals surface area contributed by atoms with Gasteiger partial charge in [0.2, 0.25) is 5.91 Å². The highest BCUT2D eigenvalue weighted by molar-refractivity contribution is 6.30. The van der Waals surface area contributed by atoms with Crippen LogP contribution in [-0.4, -0.2) is 36.5 Å². The van der Waals surface area contributed by atoms with Crippen LogP contribution in [0.1, 0.15) is 12.0 Å². The molecule has 1 aromatic carbocycles. The van der Waals surface area contributed by atoms with E-state index < -0.39 is 0 Å². The third-order valence-corrected chi connectivity index (χ3v) is 4.35. The lowest BCUT2D eigenvalue weighted by Gasteiger charge is -2.39. The van der Waals surface area contributed by atoms with Crippen molar-refractivity contribution in [3.63, 3.8) is 0 Å². The van der Waals surface area contributed by atoms with Crippen molar-refractivity contribution >= 4 is 23.5 Å². The fourth-order valence-corrected chi connectivity index (χ4v) is 3.11. The van der Waals surface area contributed by atoms with Gasteiger partial charge in [-0.1, -0.05) is 23.7 Å². The number of fused-ring (bicyclic) bond motifs is 2. The zero-order chi connectivity index (χ0) is 14.8. The number of piperidine rings is 2. The van der Waals surface area contributed by atoms with Crippen molar-refractivity contribution in [1.82, 2.24) is 15.5 Å². The van der Waals surface area contributed by atoms with Gasteiger partial charge in [0, 0.05) is 24.7 Å². The Hall–Kier alpha value is -1.59. The van der Waals surface area contributed by atoms with E-state index in [0.717, 1.165) is 18.5 Å². The minimum Gasteiger partial charge on any atom is -0.334 e. The molecular formula is C15H18ClN3O2. The van der Waals surface area contributed by atoms with Gasteiger partial charge in [-0.2, -0.15) is 0 Å². The van der Waals surface area contributed by atoms with Gasteiger partial charge < -0.3 is 10.6 Å². The van der Waals surface area contributed by atoms with Crippen LogP contribution in [0.5, 0.6) is 0 Å². The summed E-state index contributed by atoms with van der Waals surface area (Å²) in [6, 6.07) is 6.99. The second kappa shape index (κ2) is 6.03. The Morgan fingerprint density at radius 2 is 2.10 bits per heavy atom. The van der Waals surface area contributed by atoms with Gasteiger partial charge in [-0.15, -0.1) is 0 Å². The summed E-state index contributed by atoms with van der Waals surface area (Å²) < 4.78 is 0. The molecule has 2 saturated heterocycles. The Bertz CT molecular complexity index is 546. The first-order valence-corrected chi connectivity index (χ1v) is 7.55. The van der Waals surface area contributed by atoms with Crippen molar-refractivity contribution in [2.45, 2.75) is 13.0 Å². The zero-order valence-corrected chi connectivity index (χ0v) is 12.4. The third kappa shape index (κ3) is 3.19. The predicted molar refractivity (Wildman–Crippen MR) is 79.9 cm³/mol. The molecule has 0 aliphatic carbocycles. The predicted octanol–water partition coefficient (Wildman–Crippen LogP) is 1.62. The molecule has 5 nitrogen and oxygen atoms in total. The number of carbonyl (C=O) groups is 2. The smallest absolute Gasteiger partial charge is 0.324 e. The molecule has 3 rings (SSSR count). The molecule has 21 heavy (non-hydrogen) atoms. The molecular weight excluding hydrogens is 290 g/mol. The number of hydrogen-bond donors (Lipinski definition) is 2. The van der Waals surface area contributed by atoms with E-state index in [2.05, 4.69) is 10.6 Å². The van der Waals surface area contributed by atoms with Gasteiger partial charge in [-0.3, -0.25) is 9.69 Å². The Balaban J connectivity index is 1.59. The van der Waals surface area contributed by atoms with Crippen LogP contribution in [0.4, 0.5) is 4.79 Å². The monoisotopic (exact) mass is 307 g/mol. The van der Waals surface area contributed by atoms with Gasteiger partial charge in [0.1, 0.15) is 0 Å². The number of imide groups is 1. The molecule has 2 fully saturated rings. The molecule has 2 heterocycles. The van der Waals surface area contributed by atoms with E-state index in [1.165, 1.54) is 4.90 Å². The van der Waals surface area contributed by atoms with Crippen LogP contribution in [0.3, 0.4) is 0 Å². The van der Waals surface area contributed by atoms with Crippen LogP contribution in [-0.2, 0) is 11.3 Å². The maximum absolute atomic E-state index is 12.2. The Morgan fingerprint density at radius 3 is 2.86 bits per heavy atom. The lowest BCUT2D eigenvalue weighted by molar-refractivity contribution is -0.137. The summed E-state index contributed by atoms with van der Waals surface area (Å²) >= 11 is 5.82. The maximum atomic E-state index is 12.2. The van der Waals surface area contributed by atoms with Gasteiger partial charge in [0.15, 0.2) is 0 Å². The van der Waals surface area contributed by atoms with Gasteiger partial charge in [0.25, 0.3) is 0 Å². The SMILES string of the molecule is O=C(NCc1ccc(Cl)cc1)N1CC2CNCC(C2)C1=O. The number of carbonyl (C=O) groups excluding carboxylic acids is 2. The van der Waals surface area contributed by atoms with Crippen LogP contribution in [0.15, 0.2) is 24.3 Å². The van der Waals surface area contributed by atoms with Gasteiger partial charge in [0.05, 0.1) is 5.92 Å². The number of rotatable bonds is 2. The summed E-state index contributed by atoms with van der Waals surface area (Å²) in [6.45, 7) is 2.46. The van der Waals surface area contributed by atoms with E-state index in [-0.39, 0.29) is 17.9 Å². The molecule has 2 N–H and O–H groups in total. The quantitative estimate of drug-likeness (QED) is 0.873. The second-order valence-corrected chi connectivity index (χ2v) is 6.13. The number of nitrogens with one attached hydrogen (secondary N) is 2. The molecule has 3 amide bonds. The number of benzene rings is 1. The van der Waals surface area contributed by atoms with Crippen molar-refractivity contribution < 1.29 is 9.59 Å². The van der Waals surface area contributed by atoms with Crippen molar-refractivity contribution in [2.24, 2.45) is 11.8 Å². The minimum absolute atomic E-state index is 0.0567. The summed E-state index contributed by atoms with van der Waals surface area (Å²) in [6.07, 6.45) is 0.896. The van der Waals surface area contributed by atoms with E-state index in [4.69, 9.17) is 11.6 Å². The van der Waals surface area contributed by atoms with E-state index in [1.54, 1.807) is 12.1 Å². The lowest BCUT2D eigenvalue weighted by Crippen LogP contribution is -2.58. The summed E-state index contributed by atoms with van der Waals surface area (Å²) in [5.74, 6) is 0.258. The second-order valence-electron chi connectivity index (χ2n) is 5.69. The molecule has 2 bridgehead atoms. The van der Waals surface area contributed by atoms with Crippen molar-refractivity contribution in [3.8, 4) is 0 Å². The van der Waals surface area contributed by atoms with Crippen LogP contribution < -0.4 is 10.6 Å². The first-order chi connectivity index (χ1) is 10.1. The van der Waals surface area contributed by atoms with Gasteiger partial charge in [-0.25, -0.2) is 4.79 Å². The largest absolute Gasteiger partial charge is 0.334 e. The highest BCUT2D eigenvalue weighted by Gasteiger charge is 2.39. The summed E-state index contributed by atoms with van der Waals surface area (Å²) in [4.78, 5) is 25.8. The van der Waals surface area contributed by atoms with E-state index in [1.807, 2.05) is 12.1 Å².